The van der Waals surface area contributed by atoms with Gasteiger partial charge in [-0.15, -0.1) is 0 Å². The average Bonchev–Trinajstić information content (AvgIpc) is 3.06. The highest BCUT2D eigenvalue weighted by Crippen LogP contribution is 2.67. The van der Waals surface area contributed by atoms with Crippen LogP contribution in [0.25, 0.3) is 0 Å². The van der Waals surface area contributed by atoms with Crippen molar-refractivity contribution >= 4 is 17.7 Å². The Labute approximate surface area is 190 Å². The topological polar surface area (TPSA) is 119 Å². The summed E-state index contributed by atoms with van der Waals surface area (Å²) in [5.74, 6) is -2.33. The molecule has 1 spiro atoms. The number of hydrogen-bond donors (Lipinski definition) is 2. The Morgan fingerprint density at radius 1 is 1.06 bits per heavy atom. The molecule has 8 nitrogen and oxygen atoms in total. The number of esters is 2. The SMILES string of the molecule is CC(=O)OCCC1(C)CCC2(O1)C(C)C(O)C(=O)C1C(C)(COC(C)=O)C(O)CCC12C. The van der Waals surface area contributed by atoms with Gasteiger partial charge in [0.1, 0.15) is 6.10 Å². The third-order valence-electron chi connectivity index (χ3n) is 8.72. The molecule has 32 heavy (non-hydrogen) atoms. The number of ketones is 1. The Bertz CT molecular complexity index is 782. The first-order chi connectivity index (χ1) is 14.7. The molecule has 0 radical (unpaired) electrons. The van der Waals surface area contributed by atoms with E-state index >= 15 is 0 Å². The molecule has 8 unspecified atom stereocenters. The van der Waals surface area contributed by atoms with Gasteiger partial charge in [0.05, 0.1) is 30.5 Å². The van der Waals surface area contributed by atoms with Crippen molar-refractivity contribution in [3.8, 4) is 0 Å². The molecule has 8 atom stereocenters. The van der Waals surface area contributed by atoms with E-state index in [1.807, 2.05) is 20.8 Å². The van der Waals surface area contributed by atoms with Gasteiger partial charge in [-0.3, -0.25) is 14.4 Å². The van der Waals surface area contributed by atoms with E-state index in [4.69, 9.17) is 14.2 Å². The van der Waals surface area contributed by atoms with E-state index in [-0.39, 0.29) is 25.0 Å². The van der Waals surface area contributed by atoms with Crippen LogP contribution in [0.1, 0.15) is 73.6 Å². The molecule has 0 aromatic carbocycles. The molecule has 2 aliphatic carbocycles. The highest BCUT2D eigenvalue weighted by molar-refractivity contribution is 5.89. The number of ether oxygens (including phenoxy) is 3. The molecule has 1 heterocycles. The summed E-state index contributed by atoms with van der Waals surface area (Å²) in [5, 5.41) is 22.0. The van der Waals surface area contributed by atoms with Crippen molar-refractivity contribution in [2.45, 2.75) is 97.1 Å². The van der Waals surface area contributed by atoms with Gasteiger partial charge in [0.25, 0.3) is 0 Å². The minimum absolute atomic E-state index is 0.101. The fraction of sp³-hybridized carbons (Fsp3) is 0.875. The lowest BCUT2D eigenvalue weighted by molar-refractivity contribution is -0.270. The van der Waals surface area contributed by atoms with E-state index in [2.05, 4.69) is 0 Å². The van der Waals surface area contributed by atoms with Crippen molar-refractivity contribution in [1.29, 1.82) is 0 Å². The Balaban J connectivity index is 2.00. The summed E-state index contributed by atoms with van der Waals surface area (Å²) in [4.78, 5) is 36.3. The van der Waals surface area contributed by atoms with Crippen LogP contribution in [-0.4, -0.2) is 64.6 Å². The molecule has 8 heteroatoms. The van der Waals surface area contributed by atoms with Gasteiger partial charge in [-0.05, 0) is 32.6 Å². The molecule has 1 aliphatic heterocycles. The first-order valence-electron chi connectivity index (χ1n) is 11.6. The number of aliphatic hydroxyl groups is 2. The molecule has 0 aromatic rings. The summed E-state index contributed by atoms with van der Waals surface area (Å²) < 4.78 is 17.3. The Hall–Kier alpha value is -1.51. The van der Waals surface area contributed by atoms with Crippen LogP contribution in [0.5, 0.6) is 0 Å². The second kappa shape index (κ2) is 8.37. The predicted molar refractivity (Wildman–Crippen MR) is 114 cm³/mol. The molecule has 0 aromatic heterocycles. The van der Waals surface area contributed by atoms with Crippen LogP contribution < -0.4 is 0 Å². The largest absolute Gasteiger partial charge is 0.466 e. The molecule has 2 saturated carbocycles. The number of hydrogen-bond acceptors (Lipinski definition) is 8. The molecule has 2 N–H and O–H groups in total. The molecule has 1 saturated heterocycles. The van der Waals surface area contributed by atoms with Gasteiger partial charge in [0.2, 0.25) is 0 Å². The molecular weight excluding hydrogens is 416 g/mol. The zero-order valence-electron chi connectivity index (χ0n) is 20.1. The fourth-order valence-corrected chi connectivity index (χ4v) is 6.86. The molecule has 3 rings (SSSR count). The number of carbonyl (C=O) groups excluding carboxylic acids is 3. The second-order valence-electron chi connectivity index (χ2n) is 10.9. The average molecular weight is 455 g/mol. The van der Waals surface area contributed by atoms with Crippen LogP contribution in [0.2, 0.25) is 0 Å². The van der Waals surface area contributed by atoms with Crippen molar-refractivity contribution in [3.05, 3.63) is 0 Å². The van der Waals surface area contributed by atoms with Crippen LogP contribution in [0, 0.1) is 22.7 Å². The number of aliphatic hydroxyl groups excluding tert-OH is 2. The number of fused-ring (bicyclic) bond motifs is 2. The highest BCUT2D eigenvalue weighted by atomic mass is 16.5. The number of Topliss-reactive ketones (excluding diaryl/α,β-unsaturated/α-hetero) is 1. The number of rotatable bonds is 5. The normalized spacial score (nSPS) is 46.1. The third-order valence-corrected chi connectivity index (χ3v) is 8.72. The minimum atomic E-state index is -1.24. The van der Waals surface area contributed by atoms with Gasteiger partial charge < -0.3 is 24.4 Å². The molecule has 182 valence electrons. The van der Waals surface area contributed by atoms with Crippen molar-refractivity contribution < 1.29 is 38.8 Å². The van der Waals surface area contributed by atoms with Gasteiger partial charge >= 0.3 is 11.9 Å². The van der Waals surface area contributed by atoms with E-state index in [1.165, 1.54) is 13.8 Å². The number of carbonyl (C=O) groups is 3. The minimum Gasteiger partial charge on any atom is -0.466 e. The summed E-state index contributed by atoms with van der Waals surface area (Å²) >= 11 is 0. The van der Waals surface area contributed by atoms with Crippen molar-refractivity contribution in [2.75, 3.05) is 13.2 Å². The zero-order valence-corrected chi connectivity index (χ0v) is 20.1. The van der Waals surface area contributed by atoms with Crippen LogP contribution in [-0.2, 0) is 28.6 Å². The smallest absolute Gasteiger partial charge is 0.302 e. The standard InChI is InChI=1S/C24H38O8/c1-14-18(28)19(29)20-22(5,13-31-16(3)26)17(27)7-8-23(20,6)24(14)10-9-21(4,32-24)11-12-30-15(2)25/h14,17-18,20,27-28H,7-13H2,1-6H3. The molecular formula is C24H38O8. The lowest BCUT2D eigenvalue weighted by Gasteiger charge is -2.64. The first-order valence-corrected chi connectivity index (χ1v) is 11.6. The second-order valence-corrected chi connectivity index (χ2v) is 10.9. The lowest BCUT2D eigenvalue weighted by Crippen LogP contribution is -2.72. The Kier molecular flexibility index (Phi) is 6.57. The quantitative estimate of drug-likeness (QED) is 0.607. The predicted octanol–water partition coefficient (Wildman–Crippen LogP) is 2.17. The van der Waals surface area contributed by atoms with E-state index in [9.17, 15) is 24.6 Å². The third kappa shape index (κ3) is 3.78. The van der Waals surface area contributed by atoms with Gasteiger partial charge in [0.15, 0.2) is 5.78 Å². The molecule has 0 amide bonds. The summed E-state index contributed by atoms with van der Waals surface area (Å²) in [7, 11) is 0. The van der Waals surface area contributed by atoms with E-state index < -0.39 is 52.0 Å². The van der Waals surface area contributed by atoms with Crippen LogP contribution in [0.4, 0.5) is 0 Å². The Morgan fingerprint density at radius 3 is 2.28 bits per heavy atom. The van der Waals surface area contributed by atoms with Crippen molar-refractivity contribution in [1.82, 2.24) is 0 Å². The van der Waals surface area contributed by atoms with E-state index in [0.29, 0.717) is 32.1 Å². The fourth-order valence-electron chi connectivity index (χ4n) is 6.86. The summed E-state index contributed by atoms with van der Waals surface area (Å²) in [6.07, 6.45) is 0.753. The van der Waals surface area contributed by atoms with Gasteiger partial charge in [-0.25, -0.2) is 0 Å². The molecule has 3 aliphatic rings. The zero-order chi connectivity index (χ0) is 24.1. The van der Waals surface area contributed by atoms with Gasteiger partial charge in [-0.1, -0.05) is 20.8 Å². The van der Waals surface area contributed by atoms with Crippen LogP contribution >= 0.6 is 0 Å². The summed E-state index contributed by atoms with van der Waals surface area (Å²) in [5.41, 5.74) is -3.08. The maximum atomic E-state index is 13.5. The lowest BCUT2D eigenvalue weighted by atomic mass is 9.42. The van der Waals surface area contributed by atoms with Gasteiger partial charge in [0, 0.05) is 42.9 Å². The maximum Gasteiger partial charge on any atom is 0.302 e. The maximum absolute atomic E-state index is 13.5. The van der Waals surface area contributed by atoms with Crippen molar-refractivity contribution in [2.24, 2.45) is 22.7 Å². The molecule has 3 fully saturated rings. The molecule has 0 bridgehead atoms. The van der Waals surface area contributed by atoms with Gasteiger partial charge in [-0.2, -0.15) is 0 Å². The first kappa shape index (κ1) is 25.1. The van der Waals surface area contributed by atoms with E-state index in [0.717, 1.165) is 0 Å². The van der Waals surface area contributed by atoms with E-state index in [1.54, 1.807) is 6.92 Å². The summed E-state index contributed by atoms with van der Waals surface area (Å²) in [6, 6.07) is 0. The van der Waals surface area contributed by atoms with Crippen molar-refractivity contribution in [3.63, 3.8) is 0 Å². The monoisotopic (exact) mass is 454 g/mol. The van der Waals surface area contributed by atoms with Crippen LogP contribution in [0.3, 0.4) is 0 Å². The summed E-state index contributed by atoms with van der Waals surface area (Å²) in [6.45, 7) is 10.4. The highest BCUT2D eigenvalue weighted by Gasteiger charge is 2.73. The Morgan fingerprint density at radius 2 is 1.69 bits per heavy atom. The van der Waals surface area contributed by atoms with Crippen LogP contribution in [0.15, 0.2) is 0 Å².